The predicted octanol–water partition coefficient (Wildman–Crippen LogP) is 3.34. The maximum absolute atomic E-state index is 13.0. The molecular formula is C24H26N4O2. The van der Waals surface area contributed by atoms with E-state index >= 15 is 0 Å². The van der Waals surface area contributed by atoms with E-state index in [-0.39, 0.29) is 11.5 Å². The highest BCUT2D eigenvalue weighted by atomic mass is 16.2. The molecule has 3 N–H and O–H groups in total. The van der Waals surface area contributed by atoms with Gasteiger partial charge in [-0.1, -0.05) is 55.0 Å². The summed E-state index contributed by atoms with van der Waals surface area (Å²) in [4.78, 5) is 26.8. The minimum atomic E-state index is -0.509. The minimum Gasteiger partial charge on any atom is -0.319 e. The molecule has 2 bridgehead atoms. The molecule has 4 atom stereocenters. The molecule has 2 aliphatic rings. The van der Waals surface area contributed by atoms with Crippen LogP contribution in [-0.2, 0) is 4.79 Å². The summed E-state index contributed by atoms with van der Waals surface area (Å²) < 4.78 is 0. The van der Waals surface area contributed by atoms with Gasteiger partial charge in [-0.05, 0) is 48.6 Å². The zero-order chi connectivity index (χ0) is 20.7. The van der Waals surface area contributed by atoms with Crippen molar-refractivity contribution < 1.29 is 4.79 Å². The summed E-state index contributed by atoms with van der Waals surface area (Å²) in [6.07, 6.45) is 5.36. The number of hydrogen-bond donors (Lipinski definition) is 2. The van der Waals surface area contributed by atoms with Crippen molar-refractivity contribution in [2.24, 2.45) is 23.5 Å². The molecule has 2 fully saturated rings. The second-order valence-electron chi connectivity index (χ2n) is 8.71. The van der Waals surface area contributed by atoms with Crippen LogP contribution in [0.3, 0.4) is 0 Å². The smallest absolute Gasteiger partial charge is 0.294 e. The number of amides is 1. The zero-order valence-electron chi connectivity index (χ0n) is 16.8. The van der Waals surface area contributed by atoms with Crippen LogP contribution in [0.2, 0.25) is 0 Å². The molecule has 0 spiro atoms. The molecule has 4 unspecified atom stereocenters. The summed E-state index contributed by atoms with van der Waals surface area (Å²) in [7, 11) is 0. The van der Waals surface area contributed by atoms with Gasteiger partial charge in [-0.15, -0.1) is 4.79 Å². The second kappa shape index (κ2) is 7.69. The van der Waals surface area contributed by atoms with Crippen molar-refractivity contribution in [2.45, 2.75) is 38.1 Å². The van der Waals surface area contributed by atoms with Crippen LogP contribution in [0.5, 0.6) is 0 Å². The molecular weight excluding hydrogens is 376 g/mol. The van der Waals surface area contributed by atoms with E-state index in [1.165, 1.54) is 19.3 Å². The zero-order valence-corrected chi connectivity index (χ0v) is 16.8. The van der Waals surface area contributed by atoms with Gasteiger partial charge in [0.2, 0.25) is 5.91 Å². The van der Waals surface area contributed by atoms with Crippen molar-refractivity contribution in [3.05, 3.63) is 76.2 Å². The van der Waals surface area contributed by atoms with Gasteiger partial charge in [-0.25, -0.2) is 5.43 Å². The third-order valence-electron chi connectivity index (χ3n) is 6.85. The highest BCUT2D eigenvalue weighted by molar-refractivity contribution is 5.86. The fourth-order valence-electron chi connectivity index (χ4n) is 5.37. The van der Waals surface area contributed by atoms with Crippen LogP contribution in [0.15, 0.2) is 59.4 Å². The lowest BCUT2D eigenvalue weighted by atomic mass is 9.86. The molecule has 30 heavy (non-hydrogen) atoms. The van der Waals surface area contributed by atoms with Crippen LogP contribution in [0.25, 0.3) is 10.8 Å². The average Bonchev–Trinajstić information content (AvgIpc) is 3.39. The molecule has 1 amide bonds. The molecule has 1 aromatic heterocycles. The Hall–Kier alpha value is -2.99. The van der Waals surface area contributed by atoms with Crippen molar-refractivity contribution in [1.82, 2.24) is 9.89 Å². The lowest BCUT2D eigenvalue weighted by Gasteiger charge is -2.21. The quantitative estimate of drug-likeness (QED) is 0.685. The molecule has 2 saturated carbocycles. The highest BCUT2D eigenvalue weighted by Crippen LogP contribution is 2.49. The predicted molar refractivity (Wildman–Crippen MR) is 116 cm³/mol. The molecule has 5 rings (SSSR count). The number of nitrogens with zero attached hydrogens (tertiary/aromatic N) is 2. The second-order valence-corrected chi connectivity index (χ2v) is 8.71. The van der Waals surface area contributed by atoms with Gasteiger partial charge < -0.3 is 5.73 Å². The monoisotopic (exact) mass is 402 g/mol. The van der Waals surface area contributed by atoms with Crippen molar-refractivity contribution in [1.29, 1.82) is 0 Å². The first-order chi connectivity index (χ1) is 14.6. The topological polar surface area (TPSA) is 90.0 Å². The Morgan fingerprint density at radius 2 is 1.80 bits per heavy atom. The van der Waals surface area contributed by atoms with Crippen molar-refractivity contribution in [2.75, 3.05) is 5.43 Å². The SMILES string of the molecule is NC(c1ccccc1)c1nn(NC(=O)CC2CC3CCC2C3)c(=O)c2ccccc12. The van der Waals surface area contributed by atoms with E-state index in [2.05, 4.69) is 10.5 Å². The fourth-order valence-corrected chi connectivity index (χ4v) is 5.37. The van der Waals surface area contributed by atoms with Crippen molar-refractivity contribution >= 4 is 16.7 Å². The number of aromatic nitrogens is 2. The molecule has 2 aliphatic carbocycles. The number of hydrogen-bond acceptors (Lipinski definition) is 4. The summed E-state index contributed by atoms with van der Waals surface area (Å²) in [6, 6.07) is 16.4. The van der Waals surface area contributed by atoms with Crippen LogP contribution in [-0.4, -0.2) is 15.8 Å². The molecule has 0 saturated heterocycles. The Kier molecular flexibility index (Phi) is 4.87. The number of benzene rings is 2. The molecule has 2 aromatic carbocycles. The van der Waals surface area contributed by atoms with Gasteiger partial charge >= 0.3 is 0 Å². The number of rotatable bonds is 5. The number of fused-ring (bicyclic) bond motifs is 3. The maximum Gasteiger partial charge on any atom is 0.294 e. The highest BCUT2D eigenvalue weighted by Gasteiger charge is 2.40. The normalized spacial score (nSPS) is 23.6. The third kappa shape index (κ3) is 3.41. The van der Waals surface area contributed by atoms with Crippen molar-refractivity contribution in [3.8, 4) is 0 Å². The molecule has 3 aromatic rings. The van der Waals surface area contributed by atoms with Gasteiger partial charge in [-0.2, -0.15) is 5.10 Å². The van der Waals surface area contributed by atoms with Crippen LogP contribution < -0.4 is 16.7 Å². The standard InChI is InChI=1S/C24H26N4O2/c25-22(16-6-2-1-3-7-16)23-19-8-4-5-9-20(19)24(30)28(27-23)26-21(29)14-18-13-15-10-11-17(18)12-15/h1-9,15,17-18,22H,10-14,25H2,(H,26,29). The van der Waals surface area contributed by atoms with E-state index in [1.54, 1.807) is 6.07 Å². The van der Waals surface area contributed by atoms with Crippen molar-refractivity contribution in [3.63, 3.8) is 0 Å². The number of carbonyl (C=O) groups is 1. The number of carbonyl (C=O) groups excluding carboxylic acids is 1. The minimum absolute atomic E-state index is 0.156. The molecule has 0 aliphatic heterocycles. The summed E-state index contributed by atoms with van der Waals surface area (Å²) in [5, 5.41) is 5.69. The molecule has 6 heteroatoms. The molecule has 6 nitrogen and oxygen atoms in total. The summed E-state index contributed by atoms with van der Waals surface area (Å²) in [6.45, 7) is 0. The first-order valence-corrected chi connectivity index (χ1v) is 10.7. The van der Waals surface area contributed by atoms with E-state index in [4.69, 9.17) is 5.73 Å². The third-order valence-corrected chi connectivity index (χ3v) is 6.85. The molecule has 154 valence electrons. The van der Waals surface area contributed by atoms with E-state index in [1.807, 2.05) is 48.5 Å². The Labute approximate surface area is 175 Å². The van der Waals surface area contributed by atoms with Gasteiger partial charge in [0.25, 0.3) is 5.56 Å². The van der Waals surface area contributed by atoms with E-state index in [0.717, 1.165) is 22.7 Å². The first-order valence-electron chi connectivity index (χ1n) is 10.7. The van der Waals surface area contributed by atoms with Crippen LogP contribution in [0, 0.1) is 17.8 Å². The van der Waals surface area contributed by atoms with E-state index in [9.17, 15) is 9.59 Å². The fraction of sp³-hybridized carbons (Fsp3) is 0.375. The Morgan fingerprint density at radius 3 is 2.50 bits per heavy atom. The summed E-state index contributed by atoms with van der Waals surface area (Å²) >= 11 is 0. The summed E-state index contributed by atoms with van der Waals surface area (Å²) in [5.74, 6) is 1.71. The average molecular weight is 402 g/mol. The maximum atomic E-state index is 13.0. The van der Waals surface area contributed by atoms with E-state index in [0.29, 0.717) is 34.7 Å². The van der Waals surface area contributed by atoms with Gasteiger partial charge in [-0.3, -0.25) is 9.59 Å². The summed E-state index contributed by atoms with van der Waals surface area (Å²) in [5.41, 5.74) is 10.4. The molecule has 1 heterocycles. The van der Waals surface area contributed by atoms with Gasteiger partial charge in [0.05, 0.1) is 17.1 Å². The lowest BCUT2D eigenvalue weighted by Crippen LogP contribution is -2.37. The lowest BCUT2D eigenvalue weighted by molar-refractivity contribution is -0.118. The van der Waals surface area contributed by atoms with Gasteiger partial charge in [0.1, 0.15) is 0 Å². The number of nitrogens with one attached hydrogen (secondary N) is 1. The van der Waals surface area contributed by atoms with Crippen LogP contribution in [0.4, 0.5) is 0 Å². The largest absolute Gasteiger partial charge is 0.319 e. The Balaban J connectivity index is 1.47. The molecule has 0 radical (unpaired) electrons. The van der Waals surface area contributed by atoms with Crippen LogP contribution >= 0.6 is 0 Å². The Morgan fingerprint density at radius 1 is 1.07 bits per heavy atom. The van der Waals surface area contributed by atoms with Gasteiger partial charge in [0.15, 0.2) is 0 Å². The number of nitrogens with two attached hydrogens (primary N) is 1. The van der Waals surface area contributed by atoms with E-state index < -0.39 is 6.04 Å². The first kappa shape index (κ1) is 19.0. The van der Waals surface area contributed by atoms with Crippen LogP contribution in [0.1, 0.15) is 49.4 Å². The Bertz CT molecular complexity index is 1140. The van der Waals surface area contributed by atoms with Gasteiger partial charge in [0, 0.05) is 11.8 Å².